The van der Waals surface area contributed by atoms with Gasteiger partial charge in [0, 0.05) is 18.2 Å². The largest absolute Gasteiger partial charge is 0.450 e. The Morgan fingerprint density at radius 3 is 2.47 bits per heavy atom. The molecular formula is C22H19F4N5O3. The van der Waals surface area contributed by atoms with E-state index < -0.39 is 40.5 Å². The Balaban J connectivity index is 2.20. The van der Waals surface area contributed by atoms with Crippen molar-refractivity contribution in [3.8, 4) is 11.5 Å². The summed E-state index contributed by atoms with van der Waals surface area (Å²) in [4.78, 5) is 38.9. The summed E-state index contributed by atoms with van der Waals surface area (Å²) in [5, 5.41) is 0. The number of nitrogens with zero attached hydrogens (tertiary/aromatic N) is 4. The lowest BCUT2D eigenvalue weighted by molar-refractivity contribution is 0.0101. The van der Waals surface area contributed by atoms with Crippen LogP contribution in [0.3, 0.4) is 0 Å². The number of hydrogen-bond donors (Lipinski definition) is 1. The summed E-state index contributed by atoms with van der Waals surface area (Å²) in [7, 11) is 0. The number of H-pyrrole nitrogens is 1. The minimum absolute atomic E-state index is 0.0783. The van der Waals surface area contributed by atoms with Crippen LogP contribution in [-0.4, -0.2) is 19.5 Å². The summed E-state index contributed by atoms with van der Waals surface area (Å²) in [6.45, 7) is 11.8. The second-order valence-corrected chi connectivity index (χ2v) is 7.64. The summed E-state index contributed by atoms with van der Waals surface area (Å²) in [6, 6.07) is 1.83. The lowest BCUT2D eigenvalue weighted by atomic mass is 10.1. The second kappa shape index (κ2) is 9.09. The third-order valence-corrected chi connectivity index (χ3v) is 5.02. The Hall–Kier alpha value is -4.01. The molecule has 2 heterocycles. The Kier molecular flexibility index (Phi) is 6.58. The number of aromatic amines is 1. The van der Waals surface area contributed by atoms with E-state index in [0.717, 1.165) is 23.0 Å². The molecule has 0 spiro atoms. The molecule has 3 rings (SSSR count). The van der Waals surface area contributed by atoms with Crippen molar-refractivity contribution in [3.63, 3.8) is 0 Å². The van der Waals surface area contributed by atoms with Crippen LogP contribution in [0.4, 0.5) is 23.2 Å². The zero-order valence-electron chi connectivity index (χ0n) is 18.5. The van der Waals surface area contributed by atoms with Crippen LogP contribution in [0.2, 0.25) is 0 Å². The van der Waals surface area contributed by atoms with E-state index in [4.69, 9.17) is 11.3 Å². The second-order valence-electron chi connectivity index (χ2n) is 7.64. The van der Waals surface area contributed by atoms with Gasteiger partial charge in [-0.3, -0.25) is 14.2 Å². The van der Waals surface area contributed by atoms with Crippen molar-refractivity contribution >= 4 is 5.69 Å². The predicted molar refractivity (Wildman–Crippen MR) is 114 cm³/mol. The number of rotatable bonds is 6. The van der Waals surface area contributed by atoms with Gasteiger partial charge in [-0.05, 0) is 38.5 Å². The maximum absolute atomic E-state index is 14.3. The van der Waals surface area contributed by atoms with Gasteiger partial charge in [-0.25, -0.2) is 23.6 Å². The lowest BCUT2D eigenvalue weighted by Crippen LogP contribution is -2.29. The number of ether oxygens (including phenoxy) is 1. The van der Waals surface area contributed by atoms with Gasteiger partial charge in [0.2, 0.25) is 5.75 Å². The first-order chi connectivity index (χ1) is 15.8. The molecule has 3 aromatic rings. The molecule has 0 radical (unpaired) electrons. The fraction of sp³-hybridized carbons (Fsp3) is 0.318. The normalized spacial score (nSPS) is 11.5. The Labute approximate surface area is 190 Å². The van der Waals surface area contributed by atoms with Crippen LogP contribution >= 0.6 is 0 Å². The number of aryl methyl sites for hydroxylation is 2. The lowest BCUT2D eigenvalue weighted by Gasteiger charge is -2.18. The van der Waals surface area contributed by atoms with Crippen molar-refractivity contribution in [2.24, 2.45) is 0 Å². The molecule has 0 unspecified atom stereocenters. The van der Waals surface area contributed by atoms with Crippen molar-refractivity contribution in [1.29, 1.82) is 0 Å². The molecule has 8 nitrogen and oxygen atoms in total. The van der Waals surface area contributed by atoms with Gasteiger partial charge in [-0.1, -0.05) is 0 Å². The van der Waals surface area contributed by atoms with Crippen LogP contribution < -0.4 is 15.9 Å². The van der Waals surface area contributed by atoms with Crippen LogP contribution in [0.5, 0.6) is 11.5 Å². The summed E-state index contributed by atoms with van der Waals surface area (Å²) in [5.74, 6) is -4.54. The molecule has 12 heteroatoms. The van der Waals surface area contributed by atoms with Gasteiger partial charge in [0.25, 0.3) is 23.5 Å². The molecule has 1 aromatic carbocycles. The molecule has 0 aliphatic heterocycles. The molecule has 1 N–H and O–H groups in total. The first kappa shape index (κ1) is 24.6. The van der Waals surface area contributed by atoms with Crippen LogP contribution in [-0.2, 0) is 12.5 Å². The van der Waals surface area contributed by atoms with Crippen molar-refractivity contribution < 1.29 is 22.3 Å². The fourth-order valence-electron chi connectivity index (χ4n) is 3.25. The number of benzene rings is 1. The van der Waals surface area contributed by atoms with Gasteiger partial charge in [-0.2, -0.15) is 8.78 Å². The highest BCUT2D eigenvalue weighted by Gasteiger charge is 2.34. The van der Waals surface area contributed by atoms with Crippen LogP contribution in [0, 0.1) is 27.3 Å². The molecule has 0 saturated heterocycles. The third-order valence-electron chi connectivity index (χ3n) is 5.02. The highest BCUT2D eigenvalue weighted by molar-refractivity contribution is 5.61. The average molecular weight is 477 g/mol. The quantitative estimate of drug-likeness (QED) is 0.411. The minimum Gasteiger partial charge on any atom is -0.450 e. The number of nitrogens with one attached hydrogen (secondary N) is 1. The van der Waals surface area contributed by atoms with Crippen LogP contribution in [0.1, 0.15) is 47.3 Å². The fourth-order valence-corrected chi connectivity index (χ4v) is 3.25. The Morgan fingerprint density at radius 2 is 1.91 bits per heavy atom. The van der Waals surface area contributed by atoms with E-state index in [2.05, 4.69) is 19.8 Å². The van der Waals surface area contributed by atoms with E-state index in [1.165, 1.54) is 6.92 Å². The van der Waals surface area contributed by atoms with Crippen molar-refractivity contribution in [2.45, 2.75) is 46.6 Å². The summed E-state index contributed by atoms with van der Waals surface area (Å²) in [6.07, 6.45) is -2.13. The summed E-state index contributed by atoms with van der Waals surface area (Å²) in [5.41, 5.74) is -2.88. The van der Waals surface area contributed by atoms with Gasteiger partial charge in [-0.15, -0.1) is 0 Å². The molecule has 0 aliphatic rings. The van der Waals surface area contributed by atoms with Gasteiger partial charge in [0.1, 0.15) is 11.6 Å². The van der Waals surface area contributed by atoms with E-state index in [0.29, 0.717) is 18.4 Å². The maximum Gasteiger partial charge on any atom is 0.297 e. The topological polar surface area (TPSA) is 94.2 Å². The molecule has 34 heavy (non-hydrogen) atoms. The van der Waals surface area contributed by atoms with E-state index >= 15 is 0 Å². The predicted octanol–water partition coefficient (Wildman–Crippen LogP) is 4.69. The Morgan fingerprint density at radius 1 is 1.24 bits per heavy atom. The van der Waals surface area contributed by atoms with E-state index in [9.17, 15) is 27.2 Å². The van der Waals surface area contributed by atoms with Crippen LogP contribution in [0.25, 0.3) is 4.85 Å². The minimum atomic E-state index is -3.62. The summed E-state index contributed by atoms with van der Waals surface area (Å²) >= 11 is 0. The van der Waals surface area contributed by atoms with E-state index in [1.807, 2.05) is 0 Å². The summed E-state index contributed by atoms with van der Waals surface area (Å²) < 4.78 is 61.4. The number of hydrogen-bond acceptors (Lipinski definition) is 5. The van der Waals surface area contributed by atoms with Gasteiger partial charge >= 0.3 is 0 Å². The molecule has 0 saturated carbocycles. The molecule has 0 atom stereocenters. The van der Waals surface area contributed by atoms with E-state index in [1.54, 1.807) is 13.8 Å². The SMILES string of the molecule is [C-]#[N+]c1cc(C(F)F)cc(Oc2c(C(C)(F)F)ncn(Cc3c(C)nc(C)[nH]c3=O)c2=O)c1C. The van der Waals surface area contributed by atoms with Crippen LogP contribution in [0.15, 0.2) is 28.0 Å². The van der Waals surface area contributed by atoms with Gasteiger partial charge < -0.3 is 9.72 Å². The highest BCUT2D eigenvalue weighted by atomic mass is 19.3. The van der Waals surface area contributed by atoms with Crippen molar-refractivity contribution in [3.05, 3.63) is 84.5 Å². The standard InChI is InChI=1S/C22H19F4N5O3/c1-10-15(27-5)6-13(19(23)24)7-16(10)34-17-18(22(4,25)26)28-9-31(21(17)33)8-14-11(2)29-12(3)30-20(14)32/h6-7,9,19H,8H2,1-4H3,(H,29,30,32). The molecule has 0 amide bonds. The maximum atomic E-state index is 14.3. The van der Waals surface area contributed by atoms with E-state index in [-0.39, 0.29) is 29.1 Å². The monoisotopic (exact) mass is 477 g/mol. The zero-order valence-corrected chi connectivity index (χ0v) is 18.5. The van der Waals surface area contributed by atoms with Gasteiger partial charge in [0.05, 0.1) is 25.0 Å². The zero-order chi connectivity index (χ0) is 25.4. The number of halogens is 4. The molecule has 0 aliphatic carbocycles. The number of alkyl halides is 4. The molecule has 2 aromatic heterocycles. The highest BCUT2D eigenvalue weighted by Crippen LogP contribution is 2.38. The molecule has 0 fully saturated rings. The van der Waals surface area contributed by atoms with Crippen molar-refractivity contribution in [1.82, 2.24) is 19.5 Å². The third kappa shape index (κ3) is 4.83. The molecule has 0 bridgehead atoms. The smallest absolute Gasteiger partial charge is 0.297 e. The number of aromatic nitrogens is 4. The molecule has 178 valence electrons. The first-order valence-electron chi connectivity index (χ1n) is 9.85. The molecular weight excluding hydrogens is 458 g/mol. The van der Waals surface area contributed by atoms with Crippen molar-refractivity contribution in [2.75, 3.05) is 0 Å². The first-order valence-corrected chi connectivity index (χ1v) is 9.85. The Bertz CT molecular complexity index is 1420. The van der Waals surface area contributed by atoms with Gasteiger partial charge in [0.15, 0.2) is 11.4 Å². The average Bonchev–Trinajstić information content (AvgIpc) is 2.73.